The van der Waals surface area contributed by atoms with Crippen LogP contribution in [0, 0.1) is 0 Å². The van der Waals surface area contributed by atoms with Gasteiger partial charge in [-0.1, -0.05) is 11.6 Å². The van der Waals surface area contributed by atoms with E-state index >= 15 is 0 Å². The molecule has 1 aliphatic heterocycles. The van der Waals surface area contributed by atoms with Crippen LogP contribution in [0.25, 0.3) is 0 Å². The molecule has 1 aromatic heterocycles. The van der Waals surface area contributed by atoms with E-state index in [9.17, 15) is 8.42 Å². The number of halogens is 1. The molecule has 1 aromatic rings. The molecule has 2 rings (SSSR count). The minimum Gasteiger partial charge on any atom is -0.363 e. The minimum absolute atomic E-state index is 0.0502. The van der Waals surface area contributed by atoms with E-state index in [-0.39, 0.29) is 11.8 Å². The number of nitrogens with zero attached hydrogens (tertiary/aromatic N) is 2. The molecule has 1 atom stereocenters. The van der Waals surface area contributed by atoms with E-state index in [0.717, 1.165) is 0 Å². The molecule has 1 N–H and O–H groups in total. The number of rotatable bonds is 2. The average molecular weight is 246 g/mol. The van der Waals surface area contributed by atoms with Gasteiger partial charge in [-0.2, -0.15) is 0 Å². The Morgan fingerprint density at radius 3 is 2.87 bits per heavy atom. The standard InChI is InChI=1S/C8H8ClN3O2S/c9-7-3-8(11-5-10-7)12-6-1-2-15(13,14)4-6/h1-3,5-6H,4H2,(H,10,11,12). The maximum atomic E-state index is 11.1. The largest absolute Gasteiger partial charge is 0.363 e. The first kappa shape index (κ1) is 10.4. The molecule has 0 radical (unpaired) electrons. The van der Waals surface area contributed by atoms with Crippen LogP contribution in [-0.2, 0) is 9.84 Å². The van der Waals surface area contributed by atoms with E-state index in [4.69, 9.17) is 11.6 Å². The van der Waals surface area contributed by atoms with E-state index < -0.39 is 9.84 Å². The van der Waals surface area contributed by atoms with Gasteiger partial charge in [-0.05, 0) is 6.08 Å². The van der Waals surface area contributed by atoms with Gasteiger partial charge >= 0.3 is 0 Å². The van der Waals surface area contributed by atoms with Crippen molar-refractivity contribution in [3.05, 3.63) is 29.0 Å². The van der Waals surface area contributed by atoms with Crippen molar-refractivity contribution in [2.24, 2.45) is 0 Å². The number of hydrogen-bond donors (Lipinski definition) is 1. The molecule has 2 heterocycles. The maximum Gasteiger partial charge on any atom is 0.173 e. The van der Waals surface area contributed by atoms with Crippen LogP contribution in [0.15, 0.2) is 23.9 Å². The minimum atomic E-state index is -3.05. The maximum absolute atomic E-state index is 11.1. The SMILES string of the molecule is O=S1(=O)C=CC(Nc2cc(Cl)ncn2)C1. The number of nitrogens with one attached hydrogen (secondary N) is 1. The third-order valence-electron chi connectivity index (χ3n) is 1.90. The molecule has 0 aromatic carbocycles. The molecule has 0 saturated carbocycles. The number of hydrogen-bond acceptors (Lipinski definition) is 5. The van der Waals surface area contributed by atoms with Gasteiger partial charge in [0.1, 0.15) is 17.3 Å². The molecule has 0 fully saturated rings. The third kappa shape index (κ3) is 2.66. The van der Waals surface area contributed by atoms with Gasteiger partial charge in [0.25, 0.3) is 0 Å². The Bertz CT molecular complexity index is 500. The Kier molecular flexibility index (Phi) is 2.62. The molecule has 80 valence electrons. The quantitative estimate of drug-likeness (QED) is 0.783. The van der Waals surface area contributed by atoms with E-state index in [2.05, 4.69) is 15.3 Å². The van der Waals surface area contributed by atoms with Crippen LogP contribution in [0.4, 0.5) is 5.82 Å². The lowest BCUT2D eigenvalue weighted by Crippen LogP contribution is -2.21. The van der Waals surface area contributed by atoms with Gasteiger partial charge in [0.15, 0.2) is 9.84 Å². The zero-order valence-corrected chi connectivity index (χ0v) is 9.16. The summed E-state index contributed by atoms with van der Waals surface area (Å²) in [6, 6.07) is 1.29. The molecular weight excluding hydrogens is 238 g/mol. The van der Waals surface area contributed by atoms with Gasteiger partial charge in [-0.15, -0.1) is 0 Å². The fraction of sp³-hybridized carbons (Fsp3) is 0.250. The molecule has 0 saturated heterocycles. The Hall–Kier alpha value is -1.14. The summed E-state index contributed by atoms with van der Waals surface area (Å²) in [4.78, 5) is 7.64. The highest BCUT2D eigenvalue weighted by atomic mass is 35.5. The first-order chi connectivity index (χ1) is 7.05. The van der Waals surface area contributed by atoms with Crippen LogP contribution in [0.1, 0.15) is 0 Å². The van der Waals surface area contributed by atoms with Gasteiger partial charge in [-0.25, -0.2) is 18.4 Å². The predicted octanol–water partition coefficient (Wildman–Crippen LogP) is 0.853. The van der Waals surface area contributed by atoms with E-state index in [0.29, 0.717) is 11.0 Å². The Balaban J connectivity index is 2.09. The van der Waals surface area contributed by atoms with Crippen LogP contribution in [0.3, 0.4) is 0 Å². The number of sulfone groups is 1. The molecule has 0 bridgehead atoms. The topological polar surface area (TPSA) is 72.0 Å². The molecule has 0 amide bonds. The molecule has 1 unspecified atom stereocenters. The third-order valence-corrected chi connectivity index (χ3v) is 3.50. The highest BCUT2D eigenvalue weighted by molar-refractivity contribution is 7.94. The van der Waals surface area contributed by atoms with Crippen LogP contribution >= 0.6 is 11.6 Å². The molecular formula is C8H8ClN3O2S. The molecule has 7 heteroatoms. The van der Waals surface area contributed by atoms with Crippen molar-refractivity contribution in [1.82, 2.24) is 9.97 Å². The first-order valence-corrected chi connectivity index (χ1v) is 6.29. The summed E-state index contributed by atoms with van der Waals surface area (Å²) in [5.41, 5.74) is 0. The van der Waals surface area contributed by atoms with Crippen molar-refractivity contribution in [2.45, 2.75) is 6.04 Å². The highest BCUT2D eigenvalue weighted by Crippen LogP contribution is 2.14. The summed E-state index contributed by atoms with van der Waals surface area (Å²) in [6.45, 7) is 0. The zero-order chi connectivity index (χ0) is 10.9. The average Bonchev–Trinajstić information content (AvgIpc) is 2.45. The molecule has 5 nitrogen and oxygen atoms in total. The second kappa shape index (κ2) is 3.79. The van der Waals surface area contributed by atoms with Crippen LogP contribution in [0.2, 0.25) is 5.15 Å². The van der Waals surface area contributed by atoms with Crippen molar-refractivity contribution in [3.8, 4) is 0 Å². The van der Waals surface area contributed by atoms with Crippen molar-refractivity contribution < 1.29 is 8.42 Å². The zero-order valence-electron chi connectivity index (χ0n) is 7.59. The van der Waals surface area contributed by atoms with Crippen molar-refractivity contribution >= 4 is 27.3 Å². The first-order valence-electron chi connectivity index (χ1n) is 4.20. The highest BCUT2D eigenvalue weighted by Gasteiger charge is 2.21. The van der Waals surface area contributed by atoms with E-state index in [1.807, 2.05) is 0 Å². The normalized spacial score (nSPS) is 22.9. The van der Waals surface area contributed by atoms with Gasteiger partial charge in [0.05, 0.1) is 11.8 Å². The lowest BCUT2D eigenvalue weighted by molar-refractivity contribution is 0.605. The van der Waals surface area contributed by atoms with Crippen molar-refractivity contribution in [2.75, 3.05) is 11.1 Å². The van der Waals surface area contributed by atoms with Crippen LogP contribution in [-0.4, -0.2) is 30.2 Å². The van der Waals surface area contributed by atoms with Crippen molar-refractivity contribution in [3.63, 3.8) is 0 Å². The molecule has 0 aliphatic carbocycles. The molecule has 0 spiro atoms. The predicted molar refractivity (Wildman–Crippen MR) is 57.4 cm³/mol. The molecule has 1 aliphatic rings. The van der Waals surface area contributed by atoms with Crippen LogP contribution < -0.4 is 5.32 Å². The summed E-state index contributed by atoms with van der Waals surface area (Å²) in [5, 5.41) is 4.45. The smallest absolute Gasteiger partial charge is 0.173 e. The van der Waals surface area contributed by atoms with Crippen LogP contribution in [0.5, 0.6) is 0 Å². The van der Waals surface area contributed by atoms with Crippen molar-refractivity contribution in [1.29, 1.82) is 0 Å². The summed E-state index contributed by atoms with van der Waals surface area (Å²) in [5.74, 6) is 0.566. The van der Waals surface area contributed by atoms with E-state index in [1.165, 1.54) is 11.7 Å². The fourth-order valence-corrected chi connectivity index (χ4v) is 2.65. The summed E-state index contributed by atoms with van der Waals surface area (Å²) < 4.78 is 22.2. The Morgan fingerprint density at radius 2 is 2.27 bits per heavy atom. The monoisotopic (exact) mass is 245 g/mol. The lowest BCUT2D eigenvalue weighted by atomic mass is 10.3. The number of anilines is 1. The summed E-state index contributed by atoms with van der Waals surface area (Å²) in [6.07, 6.45) is 2.91. The fourth-order valence-electron chi connectivity index (χ4n) is 1.27. The number of aromatic nitrogens is 2. The van der Waals surface area contributed by atoms with Gasteiger partial charge in [-0.3, -0.25) is 0 Å². The Morgan fingerprint density at radius 1 is 1.47 bits per heavy atom. The lowest BCUT2D eigenvalue weighted by Gasteiger charge is -2.09. The summed E-state index contributed by atoms with van der Waals surface area (Å²) in [7, 11) is -3.05. The Labute approximate surface area is 92.1 Å². The second-order valence-electron chi connectivity index (χ2n) is 3.13. The van der Waals surface area contributed by atoms with E-state index in [1.54, 1.807) is 12.1 Å². The summed E-state index contributed by atoms with van der Waals surface area (Å²) >= 11 is 5.66. The molecule has 15 heavy (non-hydrogen) atoms. The van der Waals surface area contributed by atoms with Gasteiger partial charge in [0, 0.05) is 11.5 Å². The van der Waals surface area contributed by atoms with Gasteiger partial charge < -0.3 is 5.32 Å². The van der Waals surface area contributed by atoms with Gasteiger partial charge in [0.2, 0.25) is 0 Å². The second-order valence-corrected chi connectivity index (χ2v) is 5.45.